The number of nitrogens with one attached hydrogen (secondary N) is 2. The summed E-state index contributed by atoms with van der Waals surface area (Å²) in [6, 6.07) is 6.54. The molecule has 6 nitrogen and oxygen atoms in total. The lowest BCUT2D eigenvalue weighted by molar-refractivity contribution is 0.0921. The zero-order chi connectivity index (χ0) is 20.2. The van der Waals surface area contributed by atoms with Gasteiger partial charge in [0.1, 0.15) is 11.5 Å². The van der Waals surface area contributed by atoms with Gasteiger partial charge >= 0.3 is 0 Å². The highest BCUT2D eigenvalue weighted by molar-refractivity contribution is 5.97. The van der Waals surface area contributed by atoms with Gasteiger partial charge in [0.2, 0.25) is 0 Å². The van der Waals surface area contributed by atoms with E-state index in [9.17, 15) is 14.0 Å². The van der Waals surface area contributed by atoms with Crippen molar-refractivity contribution >= 4 is 11.8 Å². The Morgan fingerprint density at radius 3 is 2.66 bits per heavy atom. The van der Waals surface area contributed by atoms with Crippen LogP contribution in [0.4, 0.5) is 4.39 Å². The molecule has 1 aromatic carbocycles. The first-order valence-corrected chi connectivity index (χ1v) is 10.6. The molecule has 0 bridgehead atoms. The van der Waals surface area contributed by atoms with E-state index in [0.717, 1.165) is 50.6 Å². The van der Waals surface area contributed by atoms with Crippen LogP contribution in [0.3, 0.4) is 0 Å². The van der Waals surface area contributed by atoms with Gasteiger partial charge in [0.05, 0.1) is 5.69 Å². The quantitative estimate of drug-likeness (QED) is 0.811. The van der Waals surface area contributed by atoms with E-state index >= 15 is 0 Å². The van der Waals surface area contributed by atoms with Gasteiger partial charge < -0.3 is 15.2 Å². The second-order valence-corrected chi connectivity index (χ2v) is 7.92. The SMILES string of the molecule is O=C(NC1CCCCC1)c1nc(C(=O)NCc2ccccc2F)n2c1CCCC2. The first-order chi connectivity index (χ1) is 14.1. The van der Waals surface area contributed by atoms with Crippen LogP contribution in [0, 0.1) is 5.82 Å². The summed E-state index contributed by atoms with van der Waals surface area (Å²) >= 11 is 0. The Labute approximate surface area is 169 Å². The highest BCUT2D eigenvalue weighted by Crippen LogP contribution is 2.23. The number of aromatic nitrogens is 2. The Kier molecular flexibility index (Phi) is 5.92. The van der Waals surface area contributed by atoms with Gasteiger partial charge in [-0.05, 0) is 38.2 Å². The summed E-state index contributed by atoms with van der Waals surface area (Å²) < 4.78 is 15.7. The van der Waals surface area contributed by atoms with Gasteiger partial charge in [-0.25, -0.2) is 9.37 Å². The number of hydrogen-bond donors (Lipinski definition) is 2. The third-order valence-corrected chi connectivity index (χ3v) is 5.87. The van der Waals surface area contributed by atoms with E-state index in [2.05, 4.69) is 15.6 Å². The lowest BCUT2D eigenvalue weighted by Gasteiger charge is -2.23. The summed E-state index contributed by atoms with van der Waals surface area (Å²) in [5.74, 6) is -0.681. The molecule has 0 atom stereocenters. The molecule has 7 heteroatoms. The van der Waals surface area contributed by atoms with Crippen molar-refractivity contribution in [3.8, 4) is 0 Å². The highest BCUT2D eigenvalue weighted by atomic mass is 19.1. The molecule has 4 rings (SSSR count). The molecule has 154 valence electrons. The Hall–Kier alpha value is -2.70. The number of imidazole rings is 1. The smallest absolute Gasteiger partial charge is 0.287 e. The minimum Gasteiger partial charge on any atom is -0.348 e. The summed E-state index contributed by atoms with van der Waals surface area (Å²) in [5.41, 5.74) is 1.62. The summed E-state index contributed by atoms with van der Waals surface area (Å²) in [6.07, 6.45) is 8.15. The van der Waals surface area contributed by atoms with Crippen LogP contribution in [0.1, 0.15) is 77.3 Å². The van der Waals surface area contributed by atoms with Crippen LogP contribution in [-0.2, 0) is 19.5 Å². The average molecular weight is 398 g/mol. The second kappa shape index (κ2) is 8.76. The van der Waals surface area contributed by atoms with Gasteiger partial charge in [0.15, 0.2) is 5.82 Å². The monoisotopic (exact) mass is 398 g/mol. The van der Waals surface area contributed by atoms with E-state index in [1.165, 1.54) is 12.5 Å². The molecular weight excluding hydrogens is 371 g/mol. The zero-order valence-corrected chi connectivity index (χ0v) is 16.5. The van der Waals surface area contributed by atoms with Gasteiger partial charge in [-0.15, -0.1) is 0 Å². The first kappa shape index (κ1) is 19.6. The topological polar surface area (TPSA) is 76.0 Å². The molecule has 1 saturated carbocycles. The number of hydrogen-bond acceptors (Lipinski definition) is 3. The third-order valence-electron chi connectivity index (χ3n) is 5.87. The van der Waals surface area contributed by atoms with Gasteiger partial charge in [-0.1, -0.05) is 37.5 Å². The van der Waals surface area contributed by atoms with E-state index in [4.69, 9.17) is 0 Å². The summed E-state index contributed by atoms with van der Waals surface area (Å²) in [6.45, 7) is 0.749. The fourth-order valence-electron chi connectivity index (χ4n) is 4.30. The van der Waals surface area contributed by atoms with Crippen molar-refractivity contribution in [2.45, 2.75) is 70.5 Å². The number of benzene rings is 1. The van der Waals surface area contributed by atoms with Crippen LogP contribution in [0.5, 0.6) is 0 Å². The van der Waals surface area contributed by atoms with Crippen molar-refractivity contribution in [1.82, 2.24) is 20.2 Å². The summed E-state index contributed by atoms with van der Waals surface area (Å²) in [5, 5.41) is 5.85. The Morgan fingerprint density at radius 1 is 1.07 bits per heavy atom. The van der Waals surface area contributed by atoms with Crippen molar-refractivity contribution < 1.29 is 14.0 Å². The van der Waals surface area contributed by atoms with Crippen LogP contribution in [0.25, 0.3) is 0 Å². The molecule has 0 spiro atoms. The number of carbonyl (C=O) groups excluding carboxylic acids is 2. The predicted molar refractivity (Wildman–Crippen MR) is 107 cm³/mol. The van der Waals surface area contributed by atoms with Crippen molar-refractivity contribution in [1.29, 1.82) is 0 Å². The van der Waals surface area contributed by atoms with Gasteiger partial charge in [0.25, 0.3) is 11.8 Å². The molecule has 1 aromatic heterocycles. The molecule has 2 N–H and O–H groups in total. The largest absolute Gasteiger partial charge is 0.348 e. The highest BCUT2D eigenvalue weighted by Gasteiger charge is 2.28. The molecule has 0 saturated heterocycles. The minimum atomic E-state index is -0.381. The van der Waals surface area contributed by atoms with Crippen molar-refractivity contribution in [2.24, 2.45) is 0 Å². The summed E-state index contributed by atoms with van der Waals surface area (Å²) in [7, 11) is 0. The first-order valence-electron chi connectivity index (χ1n) is 10.6. The normalized spacial score (nSPS) is 16.9. The predicted octanol–water partition coefficient (Wildman–Crippen LogP) is 3.35. The number of nitrogens with zero attached hydrogens (tertiary/aromatic N) is 2. The standard InChI is InChI=1S/C22H27FN4O2/c23-17-11-5-4-8-15(17)14-24-22(29)20-26-19(18-12-6-7-13-27(18)20)21(28)25-16-9-2-1-3-10-16/h4-5,8,11,16H,1-3,6-7,9-10,12-14H2,(H,24,29)(H,25,28). The van der Waals surface area contributed by atoms with Crippen molar-refractivity contribution in [3.05, 3.63) is 52.9 Å². The van der Waals surface area contributed by atoms with E-state index in [-0.39, 0.29) is 36.0 Å². The minimum absolute atomic E-state index is 0.0807. The maximum Gasteiger partial charge on any atom is 0.287 e. The van der Waals surface area contributed by atoms with Crippen LogP contribution in [0.15, 0.2) is 24.3 Å². The molecular formula is C22H27FN4O2. The average Bonchev–Trinajstić information content (AvgIpc) is 3.14. The van der Waals surface area contributed by atoms with Crippen LogP contribution >= 0.6 is 0 Å². The molecule has 2 aromatic rings. The van der Waals surface area contributed by atoms with Crippen LogP contribution in [-0.4, -0.2) is 27.4 Å². The number of carbonyl (C=O) groups is 2. The van der Waals surface area contributed by atoms with Gasteiger partial charge in [-0.2, -0.15) is 0 Å². The molecule has 1 aliphatic carbocycles. The van der Waals surface area contributed by atoms with Crippen LogP contribution in [0.2, 0.25) is 0 Å². The van der Waals surface area contributed by atoms with E-state index in [0.29, 0.717) is 17.8 Å². The molecule has 2 heterocycles. The Morgan fingerprint density at radius 2 is 1.86 bits per heavy atom. The molecule has 0 unspecified atom stereocenters. The maximum absolute atomic E-state index is 13.8. The fraction of sp³-hybridized carbons (Fsp3) is 0.500. The maximum atomic E-state index is 13.8. The number of halogens is 1. The van der Waals surface area contributed by atoms with E-state index in [1.54, 1.807) is 18.2 Å². The zero-order valence-electron chi connectivity index (χ0n) is 16.5. The van der Waals surface area contributed by atoms with Crippen molar-refractivity contribution in [3.63, 3.8) is 0 Å². The van der Waals surface area contributed by atoms with Crippen LogP contribution < -0.4 is 10.6 Å². The second-order valence-electron chi connectivity index (χ2n) is 7.92. The number of rotatable bonds is 5. The molecule has 1 fully saturated rings. The van der Waals surface area contributed by atoms with Crippen molar-refractivity contribution in [2.75, 3.05) is 0 Å². The molecule has 2 amide bonds. The van der Waals surface area contributed by atoms with E-state index < -0.39 is 0 Å². The molecule has 29 heavy (non-hydrogen) atoms. The molecule has 2 aliphatic rings. The lowest BCUT2D eigenvalue weighted by atomic mass is 9.95. The van der Waals surface area contributed by atoms with Gasteiger partial charge in [-0.3, -0.25) is 9.59 Å². The Bertz CT molecular complexity index is 902. The van der Waals surface area contributed by atoms with E-state index in [1.807, 2.05) is 4.57 Å². The summed E-state index contributed by atoms with van der Waals surface area (Å²) in [4.78, 5) is 30.1. The lowest BCUT2D eigenvalue weighted by Crippen LogP contribution is -2.37. The number of fused-ring (bicyclic) bond motifs is 1. The van der Waals surface area contributed by atoms with Gasteiger partial charge in [0, 0.05) is 24.7 Å². The molecule has 1 aliphatic heterocycles. The fourth-order valence-corrected chi connectivity index (χ4v) is 4.30. The molecule has 0 radical (unpaired) electrons. The number of amides is 2. The Balaban J connectivity index is 1.51. The third kappa shape index (κ3) is 4.33.